The second-order valence-electron chi connectivity index (χ2n) is 9.64. The molecule has 0 amide bonds. The summed E-state index contributed by atoms with van der Waals surface area (Å²) in [6.07, 6.45) is 0. The maximum Gasteiger partial charge on any atom is 0.0207 e. The predicted molar refractivity (Wildman–Crippen MR) is 159 cm³/mol. The molecule has 0 saturated carbocycles. The Morgan fingerprint density at radius 1 is 0.324 bits per heavy atom. The van der Waals surface area contributed by atoms with Crippen molar-refractivity contribution in [2.45, 2.75) is 9.79 Å². The van der Waals surface area contributed by atoms with Crippen LogP contribution in [-0.2, 0) is 0 Å². The maximum atomic E-state index is 2.35. The van der Waals surface area contributed by atoms with Crippen LogP contribution >= 0.6 is 11.8 Å². The van der Waals surface area contributed by atoms with Gasteiger partial charge in [0.15, 0.2) is 0 Å². The predicted octanol–water partition coefficient (Wildman–Crippen LogP) is 10.6. The van der Waals surface area contributed by atoms with Crippen molar-refractivity contribution < 1.29 is 0 Å². The highest BCUT2D eigenvalue weighted by atomic mass is 32.2. The van der Waals surface area contributed by atoms with Gasteiger partial charge in [-0.2, -0.15) is 0 Å². The third-order valence-electron chi connectivity index (χ3n) is 7.66. The van der Waals surface area contributed by atoms with Crippen molar-refractivity contribution in [3.8, 4) is 33.4 Å². The van der Waals surface area contributed by atoms with Gasteiger partial charge in [-0.1, -0.05) is 133 Å². The van der Waals surface area contributed by atoms with Gasteiger partial charge in [0, 0.05) is 15.2 Å². The van der Waals surface area contributed by atoms with Crippen LogP contribution in [0.2, 0.25) is 0 Å². The Hall–Kier alpha value is -4.33. The number of rotatable bonds is 2. The van der Waals surface area contributed by atoms with Crippen molar-refractivity contribution >= 4 is 44.1 Å². The molecule has 1 aliphatic heterocycles. The van der Waals surface area contributed by atoms with E-state index >= 15 is 0 Å². The fourth-order valence-corrected chi connectivity index (χ4v) is 7.26. The Morgan fingerprint density at radius 3 is 1.62 bits per heavy atom. The monoisotopic (exact) mass is 486 g/mol. The molecular weight excluding hydrogens is 464 g/mol. The topological polar surface area (TPSA) is 0 Å². The van der Waals surface area contributed by atoms with E-state index in [0.29, 0.717) is 0 Å². The van der Waals surface area contributed by atoms with Crippen molar-refractivity contribution in [1.82, 2.24) is 0 Å². The van der Waals surface area contributed by atoms with Gasteiger partial charge in [-0.05, 0) is 72.4 Å². The van der Waals surface area contributed by atoms with Crippen molar-refractivity contribution in [3.63, 3.8) is 0 Å². The molecule has 0 aromatic heterocycles. The highest BCUT2D eigenvalue weighted by molar-refractivity contribution is 7.99. The normalized spacial score (nSPS) is 12.2. The number of fused-ring (bicyclic) bond motifs is 4. The van der Waals surface area contributed by atoms with Gasteiger partial charge in [-0.15, -0.1) is 0 Å². The van der Waals surface area contributed by atoms with Crippen LogP contribution < -0.4 is 0 Å². The molecule has 7 aromatic carbocycles. The molecule has 1 aliphatic rings. The van der Waals surface area contributed by atoms with Gasteiger partial charge in [0.1, 0.15) is 0 Å². The van der Waals surface area contributed by atoms with Gasteiger partial charge in [0.05, 0.1) is 0 Å². The van der Waals surface area contributed by atoms with Gasteiger partial charge in [0.25, 0.3) is 0 Å². The first-order chi connectivity index (χ1) is 18.4. The van der Waals surface area contributed by atoms with Crippen molar-refractivity contribution in [3.05, 3.63) is 133 Å². The van der Waals surface area contributed by atoms with Crippen LogP contribution in [0.25, 0.3) is 65.7 Å². The van der Waals surface area contributed by atoms with Gasteiger partial charge in [-0.25, -0.2) is 0 Å². The minimum absolute atomic E-state index is 1.26. The minimum Gasteiger partial charge on any atom is -0.0888 e. The van der Waals surface area contributed by atoms with Gasteiger partial charge in [0.2, 0.25) is 0 Å². The fourth-order valence-electron chi connectivity index (χ4n) is 6.13. The van der Waals surface area contributed by atoms with Crippen molar-refractivity contribution in [2.75, 3.05) is 0 Å². The molecule has 0 unspecified atom stereocenters. The average molecular weight is 487 g/mol. The summed E-state index contributed by atoms with van der Waals surface area (Å²) >= 11 is 1.89. The summed E-state index contributed by atoms with van der Waals surface area (Å²) in [5.74, 6) is 0. The number of hydrogen-bond acceptors (Lipinski definition) is 1. The number of hydrogen-bond donors (Lipinski definition) is 0. The van der Waals surface area contributed by atoms with Crippen LogP contribution in [0.1, 0.15) is 0 Å². The summed E-state index contributed by atoms with van der Waals surface area (Å²) in [5, 5.41) is 7.86. The Balaban J connectivity index is 1.53. The summed E-state index contributed by atoms with van der Waals surface area (Å²) < 4.78 is 0. The Kier molecular flexibility index (Phi) is 4.55. The van der Waals surface area contributed by atoms with E-state index in [1.807, 2.05) is 11.8 Å². The van der Waals surface area contributed by atoms with Crippen molar-refractivity contribution in [2.24, 2.45) is 0 Å². The van der Waals surface area contributed by atoms with E-state index in [9.17, 15) is 0 Å². The molecule has 0 aliphatic carbocycles. The third-order valence-corrected chi connectivity index (χ3v) is 8.80. The lowest BCUT2D eigenvalue weighted by atomic mass is 9.84. The molecule has 37 heavy (non-hydrogen) atoms. The van der Waals surface area contributed by atoms with Crippen LogP contribution in [0.15, 0.2) is 143 Å². The van der Waals surface area contributed by atoms with Gasteiger partial charge >= 0.3 is 0 Å². The zero-order valence-electron chi connectivity index (χ0n) is 20.1. The Bertz CT molecular complexity index is 1940. The van der Waals surface area contributed by atoms with E-state index in [0.717, 1.165) is 0 Å². The quantitative estimate of drug-likeness (QED) is 0.219. The highest BCUT2D eigenvalue weighted by Gasteiger charge is 2.22. The molecule has 0 spiro atoms. The van der Waals surface area contributed by atoms with Crippen LogP contribution in [0.4, 0.5) is 0 Å². The first-order valence-electron chi connectivity index (χ1n) is 12.7. The molecule has 172 valence electrons. The summed E-state index contributed by atoms with van der Waals surface area (Å²) in [5.41, 5.74) is 7.84. The summed E-state index contributed by atoms with van der Waals surface area (Å²) in [6.45, 7) is 0. The second-order valence-corrected chi connectivity index (χ2v) is 10.7. The van der Waals surface area contributed by atoms with Crippen LogP contribution in [-0.4, -0.2) is 0 Å². The second kappa shape index (κ2) is 8.09. The van der Waals surface area contributed by atoms with E-state index in [4.69, 9.17) is 0 Å². The SMILES string of the molecule is c1ccc(-c2c3ccccc3c(-c3ccc4c5c(cccc35)-c3ccccc3S4)c3ccccc23)cc1. The smallest absolute Gasteiger partial charge is 0.0207 e. The molecule has 0 fully saturated rings. The highest BCUT2D eigenvalue weighted by Crippen LogP contribution is 2.51. The van der Waals surface area contributed by atoms with Crippen molar-refractivity contribution in [1.29, 1.82) is 0 Å². The molecule has 1 heterocycles. The zero-order valence-corrected chi connectivity index (χ0v) is 20.9. The first-order valence-corrected chi connectivity index (χ1v) is 13.5. The third kappa shape index (κ3) is 3.05. The summed E-state index contributed by atoms with van der Waals surface area (Å²) in [4.78, 5) is 2.67. The van der Waals surface area contributed by atoms with Crippen LogP contribution in [0, 0.1) is 0 Å². The van der Waals surface area contributed by atoms with Gasteiger partial charge < -0.3 is 0 Å². The molecular formula is C36H22S. The maximum absolute atomic E-state index is 2.35. The molecule has 0 radical (unpaired) electrons. The lowest BCUT2D eigenvalue weighted by Crippen LogP contribution is -1.95. The molecule has 7 aromatic rings. The number of benzene rings is 7. The molecule has 0 bridgehead atoms. The summed E-state index contributed by atoms with van der Waals surface area (Å²) in [6, 6.07) is 48.9. The molecule has 0 nitrogen and oxygen atoms in total. The Labute approximate surface area is 220 Å². The zero-order chi connectivity index (χ0) is 24.3. The molecule has 8 rings (SSSR count). The molecule has 1 heteroatoms. The molecule has 0 N–H and O–H groups in total. The Morgan fingerprint density at radius 2 is 0.892 bits per heavy atom. The standard InChI is InChI=1S/C36H22S/c1-2-11-23(12-3-1)34-26-14-4-6-16-28(26)35(29-17-7-5-15-27(29)34)31-21-22-33-36-25(18-10-19-30(31)36)24-13-8-9-20-32(24)37-33/h1-22H. The van der Waals surface area contributed by atoms with E-state index in [2.05, 4.69) is 133 Å². The van der Waals surface area contributed by atoms with Gasteiger partial charge in [-0.3, -0.25) is 0 Å². The lowest BCUT2D eigenvalue weighted by molar-refractivity contribution is 1.40. The minimum atomic E-state index is 1.26. The van der Waals surface area contributed by atoms with E-state index < -0.39 is 0 Å². The fraction of sp³-hybridized carbons (Fsp3) is 0. The van der Waals surface area contributed by atoms with Crippen LogP contribution in [0.5, 0.6) is 0 Å². The largest absolute Gasteiger partial charge is 0.0888 e. The van der Waals surface area contributed by atoms with E-state index in [1.165, 1.54) is 75.5 Å². The lowest BCUT2D eigenvalue weighted by Gasteiger charge is -2.23. The van der Waals surface area contributed by atoms with Crippen LogP contribution in [0.3, 0.4) is 0 Å². The first kappa shape index (κ1) is 20.8. The summed E-state index contributed by atoms with van der Waals surface area (Å²) in [7, 11) is 0. The average Bonchev–Trinajstić information content (AvgIpc) is 2.97. The van der Waals surface area contributed by atoms with E-state index in [1.54, 1.807) is 0 Å². The molecule has 0 saturated heterocycles. The molecule has 0 atom stereocenters. The van der Waals surface area contributed by atoms with E-state index in [-0.39, 0.29) is 0 Å².